The molecule has 5 heterocycles. The van der Waals surface area contributed by atoms with Gasteiger partial charge in [0.1, 0.15) is 18.2 Å². The highest BCUT2D eigenvalue weighted by molar-refractivity contribution is 7.17. The van der Waals surface area contributed by atoms with Crippen molar-refractivity contribution in [1.82, 2.24) is 30.4 Å². The van der Waals surface area contributed by atoms with Crippen LogP contribution in [0.3, 0.4) is 0 Å². The summed E-state index contributed by atoms with van der Waals surface area (Å²) in [5.74, 6) is 0.267. The molecule has 2 aliphatic rings. The van der Waals surface area contributed by atoms with Crippen LogP contribution in [-0.2, 0) is 19.6 Å². The predicted molar refractivity (Wildman–Crippen MR) is 164 cm³/mol. The Balaban J connectivity index is 1.31. The Morgan fingerprint density at radius 2 is 1.96 bits per heavy atom. The van der Waals surface area contributed by atoms with Crippen LogP contribution in [0.4, 0.5) is 4.39 Å². The summed E-state index contributed by atoms with van der Waals surface area (Å²) in [5.41, 5.74) is 4.62. The Morgan fingerprint density at radius 3 is 2.73 bits per heavy atom. The summed E-state index contributed by atoms with van der Waals surface area (Å²) in [7, 11) is 0. The lowest BCUT2D eigenvalue weighted by Gasteiger charge is -2.16. The summed E-state index contributed by atoms with van der Waals surface area (Å²) in [6.07, 6.45) is 4.15. The number of nitrogens with zero attached hydrogens (tertiary/aromatic N) is 5. The van der Waals surface area contributed by atoms with Crippen LogP contribution < -0.4 is 10.1 Å². The van der Waals surface area contributed by atoms with Crippen molar-refractivity contribution >= 4 is 23.2 Å². The van der Waals surface area contributed by atoms with Gasteiger partial charge in [-0.2, -0.15) is 0 Å². The molecule has 1 aliphatic carbocycles. The molecule has 10 nitrogen and oxygen atoms in total. The van der Waals surface area contributed by atoms with E-state index >= 15 is 0 Å². The number of nitrogens with one attached hydrogen (secondary N) is 1. The highest BCUT2D eigenvalue weighted by Gasteiger charge is 2.37. The third kappa shape index (κ3) is 5.46. The number of carbonyl (C=O) groups excluding carboxylic acids is 2. The fourth-order valence-electron chi connectivity index (χ4n) is 5.94. The van der Waals surface area contributed by atoms with Crippen LogP contribution in [0.1, 0.15) is 74.4 Å². The van der Waals surface area contributed by atoms with E-state index in [-0.39, 0.29) is 36.2 Å². The van der Waals surface area contributed by atoms with Gasteiger partial charge in [-0.25, -0.2) is 4.39 Å². The van der Waals surface area contributed by atoms with Crippen LogP contribution in [0.2, 0.25) is 0 Å². The van der Waals surface area contributed by atoms with E-state index in [1.807, 2.05) is 25.1 Å². The second-order valence-electron chi connectivity index (χ2n) is 11.0. The number of aromatic nitrogens is 4. The van der Waals surface area contributed by atoms with E-state index in [1.165, 1.54) is 35.6 Å². The van der Waals surface area contributed by atoms with Crippen molar-refractivity contribution in [2.75, 3.05) is 6.54 Å². The quantitative estimate of drug-likeness (QED) is 0.210. The molecule has 4 aromatic heterocycles. The maximum Gasteiger partial charge on any atom is 0.261 e. The lowest BCUT2D eigenvalue weighted by molar-refractivity contribution is 0.0778. The number of amides is 2. The number of ether oxygens (including phenoxy) is 1. The van der Waals surface area contributed by atoms with Gasteiger partial charge in [0.15, 0.2) is 0 Å². The van der Waals surface area contributed by atoms with Crippen molar-refractivity contribution in [3.63, 3.8) is 0 Å². The predicted octanol–water partition coefficient (Wildman–Crippen LogP) is 6.06. The molecule has 45 heavy (non-hydrogen) atoms. The van der Waals surface area contributed by atoms with Gasteiger partial charge < -0.3 is 19.4 Å². The molecular formula is C33H29FN6O4S. The maximum atomic E-state index is 13.9. The molecular weight excluding hydrogens is 595 g/mol. The molecule has 12 heteroatoms. The molecule has 1 atom stereocenters. The molecule has 0 spiro atoms. The van der Waals surface area contributed by atoms with E-state index < -0.39 is 0 Å². The zero-order chi connectivity index (χ0) is 31.1. The first-order valence-electron chi connectivity index (χ1n) is 14.8. The first kappa shape index (κ1) is 28.8. The van der Waals surface area contributed by atoms with Crippen molar-refractivity contribution in [1.29, 1.82) is 0 Å². The number of hydrogen-bond donors (Lipinski definition) is 1. The average Bonchev–Trinajstić information content (AvgIpc) is 3.84. The lowest BCUT2D eigenvalue weighted by atomic mass is 9.97. The molecule has 0 bridgehead atoms. The summed E-state index contributed by atoms with van der Waals surface area (Å²) < 4.78 is 25.5. The molecule has 0 fully saturated rings. The van der Waals surface area contributed by atoms with Gasteiger partial charge in [0.2, 0.25) is 11.8 Å². The SMILES string of the molecule is CCCN1Cc2nc(COc3ccc(F)cc3)c(-c3nnc(C)o3)c(-c3ccc(C(=O)NC4CCc5ncccc54)s3)c2C1=O. The first-order chi connectivity index (χ1) is 21.9. The molecule has 1 N–H and O–H groups in total. The molecule has 2 amide bonds. The van der Waals surface area contributed by atoms with Crippen LogP contribution in [-0.4, -0.2) is 43.4 Å². The number of fused-ring (bicyclic) bond motifs is 2. The summed E-state index contributed by atoms with van der Waals surface area (Å²) in [4.78, 5) is 39.7. The number of aryl methyl sites for hydroxylation is 2. The Morgan fingerprint density at radius 1 is 1.11 bits per heavy atom. The molecule has 1 aromatic carbocycles. The molecule has 0 radical (unpaired) electrons. The molecule has 1 aliphatic heterocycles. The summed E-state index contributed by atoms with van der Waals surface area (Å²) in [5, 5.41) is 11.5. The zero-order valence-corrected chi connectivity index (χ0v) is 25.5. The van der Waals surface area contributed by atoms with E-state index in [9.17, 15) is 14.0 Å². The van der Waals surface area contributed by atoms with Gasteiger partial charge in [0.25, 0.3) is 11.8 Å². The van der Waals surface area contributed by atoms with Crippen molar-refractivity contribution < 1.29 is 23.1 Å². The van der Waals surface area contributed by atoms with Crippen molar-refractivity contribution in [3.8, 4) is 27.6 Å². The van der Waals surface area contributed by atoms with E-state index in [0.29, 0.717) is 62.6 Å². The molecule has 0 saturated heterocycles. The van der Waals surface area contributed by atoms with Crippen molar-refractivity contribution in [2.45, 2.75) is 52.3 Å². The van der Waals surface area contributed by atoms with Gasteiger partial charge >= 0.3 is 0 Å². The third-order valence-electron chi connectivity index (χ3n) is 7.96. The van der Waals surface area contributed by atoms with Crippen LogP contribution in [0.15, 0.2) is 59.1 Å². The zero-order valence-electron chi connectivity index (χ0n) is 24.7. The summed E-state index contributed by atoms with van der Waals surface area (Å²) in [6, 6.07) is 13.1. The monoisotopic (exact) mass is 624 g/mol. The van der Waals surface area contributed by atoms with Gasteiger partial charge in [0.05, 0.1) is 40.0 Å². The number of hydrogen-bond acceptors (Lipinski definition) is 9. The lowest BCUT2D eigenvalue weighted by Crippen LogP contribution is -2.26. The number of carbonyl (C=O) groups is 2. The van der Waals surface area contributed by atoms with Gasteiger partial charge in [-0.15, -0.1) is 21.5 Å². The fourth-order valence-corrected chi connectivity index (χ4v) is 6.91. The Hall–Kier alpha value is -4.97. The molecule has 0 saturated carbocycles. The Kier molecular flexibility index (Phi) is 7.58. The normalized spacial score (nSPS) is 15.3. The second kappa shape index (κ2) is 11.8. The minimum Gasteiger partial charge on any atom is -0.487 e. The van der Waals surface area contributed by atoms with E-state index in [0.717, 1.165) is 30.5 Å². The van der Waals surface area contributed by atoms with Crippen LogP contribution in [0.25, 0.3) is 21.9 Å². The molecule has 228 valence electrons. The van der Waals surface area contributed by atoms with Gasteiger partial charge in [-0.05, 0) is 67.3 Å². The largest absolute Gasteiger partial charge is 0.487 e. The number of rotatable bonds is 9. The standard InChI is InChI=1S/C33H29FN6O4S/c1-3-15-40-16-24-29(33(40)42)30(26-12-13-27(45-26)31(41)37-23-11-10-22-21(23)5-4-14-35-22)28(32-39-38-18(2)44-32)25(36-24)17-43-20-8-6-19(34)7-9-20/h4-9,12-14,23H,3,10-11,15-17H2,1-2H3,(H,37,41). The average molecular weight is 625 g/mol. The summed E-state index contributed by atoms with van der Waals surface area (Å²) >= 11 is 1.28. The first-order valence-corrected chi connectivity index (χ1v) is 15.6. The highest BCUT2D eigenvalue weighted by atomic mass is 32.1. The number of halogens is 1. The topological polar surface area (TPSA) is 123 Å². The maximum absolute atomic E-state index is 13.9. The van der Waals surface area contributed by atoms with Gasteiger partial charge in [0, 0.05) is 35.8 Å². The highest BCUT2D eigenvalue weighted by Crippen LogP contribution is 2.44. The minimum absolute atomic E-state index is 0.00150. The van der Waals surface area contributed by atoms with Gasteiger partial charge in [-0.3, -0.25) is 19.6 Å². The fraction of sp³-hybridized carbons (Fsp3) is 0.273. The smallest absolute Gasteiger partial charge is 0.261 e. The Bertz CT molecular complexity index is 1920. The number of thiophene rings is 1. The number of pyridine rings is 2. The molecule has 1 unspecified atom stereocenters. The van der Waals surface area contributed by atoms with Crippen molar-refractivity contribution in [2.24, 2.45) is 0 Å². The van der Waals surface area contributed by atoms with E-state index in [4.69, 9.17) is 14.1 Å². The Labute approximate surface area is 262 Å². The van der Waals surface area contributed by atoms with E-state index in [1.54, 1.807) is 24.1 Å². The minimum atomic E-state index is -0.372. The van der Waals surface area contributed by atoms with Crippen LogP contribution in [0, 0.1) is 12.7 Å². The van der Waals surface area contributed by atoms with Crippen LogP contribution in [0.5, 0.6) is 5.75 Å². The van der Waals surface area contributed by atoms with Gasteiger partial charge in [-0.1, -0.05) is 13.0 Å². The van der Waals surface area contributed by atoms with E-state index in [2.05, 4.69) is 20.5 Å². The van der Waals surface area contributed by atoms with Crippen molar-refractivity contribution in [3.05, 3.63) is 99.5 Å². The number of benzene rings is 1. The molecule has 5 aromatic rings. The van der Waals surface area contributed by atoms with Crippen LogP contribution >= 0.6 is 11.3 Å². The molecule has 7 rings (SSSR count). The third-order valence-corrected chi connectivity index (χ3v) is 9.07. The second-order valence-corrected chi connectivity index (χ2v) is 12.1. The summed E-state index contributed by atoms with van der Waals surface area (Å²) in [6.45, 7) is 4.61.